The summed E-state index contributed by atoms with van der Waals surface area (Å²) in [7, 11) is 0. The molecule has 5 atom stereocenters. The van der Waals surface area contributed by atoms with Gasteiger partial charge in [-0.15, -0.1) is 0 Å². The molecule has 31 heavy (non-hydrogen) atoms. The Balaban J connectivity index is 5.12. The summed E-state index contributed by atoms with van der Waals surface area (Å²) in [6.45, 7) is 2.41. The lowest BCUT2D eigenvalue weighted by Crippen LogP contribution is -2.57. The molecular formula is C17H29N5O9. The first kappa shape index (κ1) is 27.7. The van der Waals surface area contributed by atoms with Crippen molar-refractivity contribution in [2.75, 3.05) is 0 Å². The molecule has 10 N–H and O–H groups in total. The zero-order valence-electron chi connectivity index (χ0n) is 17.2. The summed E-state index contributed by atoms with van der Waals surface area (Å²) in [5, 5.41) is 33.7. The van der Waals surface area contributed by atoms with Gasteiger partial charge in [0.05, 0.1) is 12.1 Å². The molecule has 0 unspecified atom stereocenters. The maximum Gasteiger partial charge on any atom is 0.328 e. The number of aliphatic carboxylic acids is 2. The van der Waals surface area contributed by atoms with Crippen molar-refractivity contribution in [1.82, 2.24) is 16.0 Å². The average molecular weight is 447 g/mol. The van der Waals surface area contributed by atoms with Crippen LogP contribution in [-0.2, 0) is 28.8 Å². The van der Waals surface area contributed by atoms with Gasteiger partial charge < -0.3 is 42.7 Å². The van der Waals surface area contributed by atoms with Crippen molar-refractivity contribution in [3.05, 3.63) is 0 Å². The van der Waals surface area contributed by atoms with Gasteiger partial charge in [0.1, 0.15) is 12.1 Å². The van der Waals surface area contributed by atoms with Crippen molar-refractivity contribution in [2.24, 2.45) is 11.5 Å². The van der Waals surface area contributed by atoms with Crippen LogP contribution >= 0.6 is 0 Å². The van der Waals surface area contributed by atoms with E-state index in [9.17, 15) is 33.9 Å². The van der Waals surface area contributed by atoms with E-state index in [-0.39, 0.29) is 25.7 Å². The number of rotatable bonds is 14. The maximum absolute atomic E-state index is 12.4. The lowest BCUT2D eigenvalue weighted by Gasteiger charge is -2.24. The molecule has 0 aliphatic carbocycles. The quantitative estimate of drug-likeness (QED) is 0.130. The SMILES string of the molecule is C[C@H](NC(=O)[C@@H](N)CCC(=O)O)C(=O)N[C@@H](CCC(N)=O)C(=O)N[C@H](C(=O)O)[C@@H](C)O. The molecule has 176 valence electrons. The molecule has 0 spiro atoms. The molecule has 0 saturated heterocycles. The van der Waals surface area contributed by atoms with Gasteiger partial charge in [0.2, 0.25) is 23.6 Å². The monoisotopic (exact) mass is 447 g/mol. The second-order valence-corrected chi connectivity index (χ2v) is 6.90. The number of amides is 4. The van der Waals surface area contributed by atoms with Crippen molar-refractivity contribution >= 4 is 35.6 Å². The molecule has 0 saturated carbocycles. The first-order chi connectivity index (χ1) is 14.3. The van der Waals surface area contributed by atoms with E-state index in [0.29, 0.717) is 0 Å². The van der Waals surface area contributed by atoms with E-state index in [0.717, 1.165) is 6.92 Å². The van der Waals surface area contributed by atoms with E-state index in [1.54, 1.807) is 0 Å². The molecule has 0 aromatic carbocycles. The fourth-order valence-corrected chi connectivity index (χ4v) is 2.29. The Hall–Kier alpha value is -3.26. The highest BCUT2D eigenvalue weighted by atomic mass is 16.4. The van der Waals surface area contributed by atoms with E-state index in [1.807, 2.05) is 0 Å². The third kappa shape index (κ3) is 10.9. The number of nitrogens with one attached hydrogen (secondary N) is 3. The van der Waals surface area contributed by atoms with Crippen molar-refractivity contribution in [3.8, 4) is 0 Å². The summed E-state index contributed by atoms with van der Waals surface area (Å²) < 4.78 is 0. The minimum atomic E-state index is -1.66. The van der Waals surface area contributed by atoms with Crippen LogP contribution < -0.4 is 27.4 Å². The fourth-order valence-electron chi connectivity index (χ4n) is 2.29. The van der Waals surface area contributed by atoms with Gasteiger partial charge >= 0.3 is 11.9 Å². The highest BCUT2D eigenvalue weighted by Crippen LogP contribution is 2.02. The Labute approximate surface area is 177 Å². The zero-order chi connectivity index (χ0) is 24.3. The minimum Gasteiger partial charge on any atom is -0.481 e. The van der Waals surface area contributed by atoms with Crippen LogP contribution in [0, 0.1) is 0 Å². The predicted octanol–water partition coefficient (Wildman–Crippen LogP) is -3.62. The number of aliphatic hydroxyl groups is 1. The van der Waals surface area contributed by atoms with E-state index in [2.05, 4.69) is 16.0 Å². The molecule has 4 amide bonds. The van der Waals surface area contributed by atoms with Crippen LogP contribution in [0.5, 0.6) is 0 Å². The molecule has 14 nitrogen and oxygen atoms in total. The molecule has 0 radical (unpaired) electrons. The fraction of sp³-hybridized carbons (Fsp3) is 0.647. The standard InChI is InChI=1S/C17H29N5O9/c1-7(20-15(28)9(18)3-6-12(25)26)14(27)21-10(4-5-11(19)24)16(29)22-13(8(2)23)17(30)31/h7-10,13,23H,3-6,18H2,1-2H3,(H2,19,24)(H,20,28)(H,21,27)(H,22,29)(H,25,26)(H,30,31)/t7-,8+,9-,10-,13-/m0/s1. The van der Waals surface area contributed by atoms with Crippen LogP contribution in [0.3, 0.4) is 0 Å². The predicted molar refractivity (Wildman–Crippen MR) is 104 cm³/mol. The van der Waals surface area contributed by atoms with Crippen molar-refractivity contribution in [3.63, 3.8) is 0 Å². The third-order valence-corrected chi connectivity index (χ3v) is 4.12. The number of hydrogen-bond donors (Lipinski definition) is 8. The van der Waals surface area contributed by atoms with Crippen LogP contribution in [0.2, 0.25) is 0 Å². The molecule has 0 fully saturated rings. The van der Waals surface area contributed by atoms with Gasteiger partial charge in [0, 0.05) is 12.8 Å². The number of hydrogen-bond acceptors (Lipinski definition) is 8. The van der Waals surface area contributed by atoms with Gasteiger partial charge in [-0.2, -0.15) is 0 Å². The number of aliphatic hydroxyl groups excluding tert-OH is 1. The van der Waals surface area contributed by atoms with Crippen LogP contribution in [0.15, 0.2) is 0 Å². The number of carbonyl (C=O) groups is 6. The number of carboxylic acids is 2. The molecule has 0 heterocycles. The minimum absolute atomic E-state index is 0.158. The van der Waals surface area contributed by atoms with Gasteiger partial charge in [0.15, 0.2) is 6.04 Å². The molecule has 0 aromatic rings. The summed E-state index contributed by atoms with van der Waals surface area (Å²) in [6.07, 6.45) is -2.53. The number of primary amides is 1. The van der Waals surface area contributed by atoms with Crippen molar-refractivity contribution < 1.29 is 44.1 Å². The number of nitrogens with two attached hydrogens (primary N) is 2. The Morgan fingerprint density at radius 3 is 1.87 bits per heavy atom. The van der Waals surface area contributed by atoms with Crippen LogP contribution in [0.4, 0.5) is 0 Å². The van der Waals surface area contributed by atoms with E-state index in [4.69, 9.17) is 21.7 Å². The Morgan fingerprint density at radius 1 is 0.839 bits per heavy atom. The van der Waals surface area contributed by atoms with Crippen LogP contribution in [0.25, 0.3) is 0 Å². The lowest BCUT2D eigenvalue weighted by molar-refractivity contribution is -0.145. The maximum atomic E-state index is 12.4. The van der Waals surface area contributed by atoms with Gasteiger partial charge in [-0.25, -0.2) is 4.79 Å². The Bertz CT molecular complexity index is 697. The van der Waals surface area contributed by atoms with Crippen molar-refractivity contribution in [1.29, 1.82) is 0 Å². The number of carboxylic acid groups (broad SMARTS) is 2. The Kier molecular flexibility index (Phi) is 11.7. The smallest absolute Gasteiger partial charge is 0.328 e. The van der Waals surface area contributed by atoms with Crippen LogP contribution in [-0.4, -0.2) is 81.2 Å². The topological polar surface area (TPSA) is 251 Å². The lowest BCUT2D eigenvalue weighted by atomic mass is 10.1. The van der Waals surface area contributed by atoms with Gasteiger partial charge in [-0.05, 0) is 26.7 Å². The molecular weight excluding hydrogens is 418 g/mol. The summed E-state index contributed by atoms with van der Waals surface area (Å²) in [6, 6.07) is -5.42. The van der Waals surface area contributed by atoms with Gasteiger partial charge in [-0.1, -0.05) is 0 Å². The molecule has 14 heteroatoms. The number of carbonyl (C=O) groups excluding carboxylic acids is 4. The normalized spacial score (nSPS) is 15.5. The largest absolute Gasteiger partial charge is 0.481 e. The second-order valence-electron chi connectivity index (χ2n) is 6.90. The summed E-state index contributed by atoms with van der Waals surface area (Å²) in [5.74, 6) is -6.06. The molecule has 0 bridgehead atoms. The summed E-state index contributed by atoms with van der Waals surface area (Å²) >= 11 is 0. The summed E-state index contributed by atoms with van der Waals surface area (Å²) in [4.78, 5) is 69.4. The van der Waals surface area contributed by atoms with Crippen LogP contribution in [0.1, 0.15) is 39.5 Å². The van der Waals surface area contributed by atoms with E-state index >= 15 is 0 Å². The van der Waals surface area contributed by atoms with Gasteiger partial charge in [-0.3, -0.25) is 24.0 Å². The average Bonchev–Trinajstić information content (AvgIpc) is 2.65. The van der Waals surface area contributed by atoms with Crippen molar-refractivity contribution in [2.45, 2.75) is 69.8 Å². The first-order valence-corrected chi connectivity index (χ1v) is 9.33. The highest BCUT2D eigenvalue weighted by molar-refractivity contribution is 5.94. The summed E-state index contributed by atoms with van der Waals surface area (Å²) in [5.41, 5.74) is 10.6. The second kappa shape index (κ2) is 13.1. The highest BCUT2D eigenvalue weighted by Gasteiger charge is 2.31. The third-order valence-electron chi connectivity index (χ3n) is 4.12. The molecule has 0 aliphatic heterocycles. The molecule has 0 aliphatic rings. The van der Waals surface area contributed by atoms with E-state index in [1.165, 1.54) is 6.92 Å². The molecule has 0 aromatic heterocycles. The molecule has 0 rings (SSSR count). The first-order valence-electron chi connectivity index (χ1n) is 9.33. The zero-order valence-corrected chi connectivity index (χ0v) is 17.2. The van der Waals surface area contributed by atoms with E-state index < -0.39 is 65.8 Å². The van der Waals surface area contributed by atoms with Gasteiger partial charge in [0.25, 0.3) is 0 Å². The Morgan fingerprint density at radius 2 is 1.42 bits per heavy atom.